The summed E-state index contributed by atoms with van der Waals surface area (Å²) in [4.78, 5) is 0. The van der Waals surface area contributed by atoms with E-state index in [0.29, 0.717) is 11.1 Å². The maximum absolute atomic E-state index is 9.41. The van der Waals surface area contributed by atoms with Crippen LogP contribution < -0.4 is 5.55 Å². The Hall–Kier alpha value is -3.44. The van der Waals surface area contributed by atoms with E-state index in [9.17, 15) is 5.26 Å². The minimum absolute atomic E-state index is 0.00347. The molecule has 0 fully saturated rings. The Morgan fingerprint density at radius 2 is 1.91 bits per heavy atom. The van der Waals surface area contributed by atoms with Crippen LogP contribution in [0.4, 0.5) is 0 Å². The van der Waals surface area contributed by atoms with Crippen molar-refractivity contribution >= 4 is 27.5 Å². The second kappa shape index (κ2) is 5.75. The molecule has 0 saturated carbocycles. The zero-order chi connectivity index (χ0) is 16.4. The second-order valence-electron chi connectivity index (χ2n) is 5.17. The first-order valence-electron chi connectivity index (χ1n) is 7.01. The summed E-state index contributed by atoms with van der Waals surface area (Å²) in [7, 11) is 0. The van der Waals surface area contributed by atoms with Crippen molar-refractivity contribution in [1.82, 2.24) is 0 Å². The average Bonchev–Trinajstić information content (AvgIpc) is 2.54. The summed E-state index contributed by atoms with van der Waals surface area (Å²) in [5, 5.41) is 36.7. The van der Waals surface area contributed by atoms with Crippen molar-refractivity contribution in [3.8, 4) is 12.1 Å². The van der Waals surface area contributed by atoms with Crippen molar-refractivity contribution in [3.05, 3.63) is 53.1 Å². The smallest absolute Gasteiger partial charge is 0.230 e. The van der Waals surface area contributed by atoms with E-state index < -0.39 is 0 Å². The molecule has 0 saturated heterocycles. The Morgan fingerprint density at radius 3 is 2.65 bits per heavy atom. The van der Waals surface area contributed by atoms with Crippen LogP contribution in [0.15, 0.2) is 40.8 Å². The normalized spacial score (nSPS) is 10.3. The van der Waals surface area contributed by atoms with Crippen molar-refractivity contribution in [2.24, 2.45) is 0 Å². The third-order valence-electron chi connectivity index (χ3n) is 3.73. The number of nitrogens with one attached hydrogen (secondary N) is 2. The Labute approximate surface area is 132 Å². The fourth-order valence-corrected chi connectivity index (χ4v) is 2.74. The summed E-state index contributed by atoms with van der Waals surface area (Å²) in [6, 6.07) is 15.3. The van der Waals surface area contributed by atoms with Crippen molar-refractivity contribution in [3.63, 3.8) is 0 Å². The molecule has 2 aromatic carbocycles. The molecule has 0 spiro atoms. The molecule has 3 rings (SSSR count). The minimum atomic E-state index is -0.213. The van der Waals surface area contributed by atoms with E-state index in [1.807, 2.05) is 42.5 Å². The second-order valence-corrected chi connectivity index (χ2v) is 5.17. The molecule has 0 radical (unpaired) electrons. The summed E-state index contributed by atoms with van der Waals surface area (Å²) in [6.07, 6.45) is 0.152. The molecular weight excluding hydrogens is 288 g/mol. The molecule has 3 aromatic rings. The Kier molecular flexibility index (Phi) is 3.62. The summed E-state index contributed by atoms with van der Waals surface area (Å²) >= 11 is 0. The number of rotatable bonds is 3. The summed E-state index contributed by atoms with van der Waals surface area (Å²) < 4.78 is 5.48. The summed E-state index contributed by atoms with van der Waals surface area (Å²) in [5.41, 5.74) is 1.21. The Bertz CT molecular complexity index is 1080. The molecule has 1 aromatic heterocycles. The van der Waals surface area contributed by atoms with Crippen molar-refractivity contribution in [2.45, 2.75) is 12.8 Å². The summed E-state index contributed by atoms with van der Waals surface area (Å²) in [6.45, 7) is 0. The van der Waals surface area contributed by atoms with Gasteiger partial charge in [0, 0.05) is 17.5 Å². The lowest BCUT2D eigenvalue weighted by atomic mass is 9.95. The standard InChI is InChI=1S/C18H12N4O/c19-8-7-12(21)9-14-15(10-20)18(22)23-16-6-5-11-3-1-2-4-13(11)17(14)16/h1-6,21-22H,7,9H2. The molecule has 110 valence electrons. The monoisotopic (exact) mass is 300 g/mol. The predicted octanol–water partition coefficient (Wildman–Crippen LogP) is 3.41. The lowest BCUT2D eigenvalue weighted by molar-refractivity contribution is 0.529. The molecule has 2 N–H and O–H groups in total. The number of fused-ring (bicyclic) bond motifs is 3. The van der Waals surface area contributed by atoms with Gasteiger partial charge < -0.3 is 9.83 Å². The van der Waals surface area contributed by atoms with E-state index in [1.165, 1.54) is 0 Å². The highest BCUT2D eigenvalue weighted by Crippen LogP contribution is 2.29. The van der Waals surface area contributed by atoms with Crippen LogP contribution >= 0.6 is 0 Å². The van der Waals surface area contributed by atoms with Crippen LogP contribution in [0.25, 0.3) is 21.7 Å². The highest BCUT2D eigenvalue weighted by molar-refractivity contribution is 6.08. The zero-order valence-corrected chi connectivity index (χ0v) is 12.2. The molecule has 0 amide bonds. The van der Waals surface area contributed by atoms with Crippen LogP contribution in [0.5, 0.6) is 0 Å². The highest BCUT2D eigenvalue weighted by Gasteiger charge is 2.16. The highest BCUT2D eigenvalue weighted by atomic mass is 16.3. The van der Waals surface area contributed by atoms with Gasteiger partial charge in [0.05, 0.1) is 12.5 Å². The maximum Gasteiger partial charge on any atom is 0.230 e. The number of benzene rings is 2. The molecular formula is C18H12N4O. The molecule has 0 unspecified atom stereocenters. The zero-order valence-electron chi connectivity index (χ0n) is 12.2. The fourth-order valence-electron chi connectivity index (χ4n) is 2.74. The van der Waals surface area contributed by atoms with Gasteiger partial charge in [-0.25, -0.2) is 0 Å². The topological polar surface area (TPSA) is 108 Å². The first kappa shape index (κ1) is 14.5. The van der Waals surface area contributed by atoms with Gasteiger partial charge in [-0.1, -0.05) is 30.3 Å². The number of nitriles is 2. The number of hydrogen-bond donors (Lipinski definition) is 2. The molecule has 0 bridgehead atoms. The van der Waals surface area contributed by atoms with Gasteiger partial charge in [-0.3, -0.25) is 5.41 Å². The van der Waals surface area contributed by atoms with Gasteiger partial charge in [-0.05, 0) is 22.4 Å². The van der Waals surface area contributed by atoms with Gasteiger partial charge in [0.1, 0.15) is 17.2 Å². The first-order chi connectivity index (χ1) is 11.2. The van der Waals surface area contributed by atoms with Gasteiger partial charge >= 0.3 is 0 Å². The van der Waals surface area contributed by atoms with Gasteiger partial charge in [0.2, 0.25) is 5.55 Å². The van der Waals surface area contributed by atoms with Crippen LogP contribution in [0.2, 0.25) is 0 Å². The SMILES string of the molecule is N#CCC(=N)Cc1c(C#N)c(=N)oc2ccc3ccccc3c12. The maximum atomic E-state index is 9.41. The molecule has 23 heavy (non-hydrogen) atoms. The van der Waals surface area contributed by atoms with E-state index in [1.54, 1.807) is 6.07 Å². The molecule has 1 heterocycles. The molecule has 5 nitrogen and oxygen atoms in total. The van der Waals surface area contributed by atoms with Crippen LogP contribution in [0.3, 0.4) is 0 Å². The molecule has 0 aliphatic carbocycles. The van der Waals surface area contributed by atoms with E-state index in [4.69, 9.17) is 20.5 Å². The third kappa shape index (κ3) is 2.45. The quantitative estimate of drug-likeness (QED) is 0.571. The van der Waals surface area contributed by atoms with Crippen LogP contribution in [0, 0.1) is 33.5 Å². The Morgan fingerprint density at radius 1 is 1.13 bits per heavy atom. The fraction of sp³-hybridized carbons (Fsp3) is 0.111. The lowest BCUT2D eigenvalue weighted by Gasteiger charge is -2.11. The van der Waals surface area contributed by atoms with E-state index in [2.05, 4.69) is 0 Å². The van der Waals surface area contributed by atoms with Crippen LogP contribution in [0.1, 0.15) is 17.5 Å². The number of hydrogen-bond acceptors (Lipinski definition) is 5. The average molecular weight is 300 g/mol. The number of nitrogens with zero attached hydrogens (tertiary/aromatic N) is 2. The Balaban J connectivity index is 2.44. The molecule has 5 heteroatoms. The minimum Gasteiger partial charge on any atom is -0.438 e. The van der Waals surface area contributed by atoms with Crippen molar-refractivity contribution < 1.29 is 4.42 Å². The third-order valence-corrected chi connectivity index (χ3v) is 3.73. The van der Waals surface area contributed by atoms with Crippen LogP contribution in [-0.4, -0.2) is 5.71 Å². The largest absolute Gasteiger partial charge is 0.438 e. The molecule has 0 atom stereocenters. The molecule has 0 aliphatic rings. The van der Waals surface area contributed by atoms with Gasteiger partial charge in [-0.2, -0.15) is 10.5 Å². The van der Waals surface area contributed by atoms with E-state index in [-0.39, 0.29) is 29.7 Å². The van der Waals surface area contributed by atoms with Crippen LogP contribution in [-0.2, 0) is 6.42 Å². The van der Waals surface area contributed by atoms with Crippen molar-refractivity contribution in [1.29, 1.82) is 21.3 Å². The predicted molar refractivity (Wildman–Crippen MR) is 86.0 cm³/mol. The van der Waals surface area contributed by atoms with Crippen molar-refractivity contribution in [2.75, 3.05) is 0 Å². The van der Waals surface area contributed by atoms with E-state index >= 15 is 0 Å². The molecule has 0 aliphatic heterocycles. The van der Waals surface area contributed by atoms with Gasteiger partial charge in [0.25, 0.3) is 0 Å². The van der Waals surface area contributed by atoms with E-state index in [0.717, 1.165) is 16.2 Å². The first-order valence-corrected chi connectivity index (χ1v) is 7.01. The van der Waals surface area contributed by atoms with Gasteiger partial charge in [-0.15, -0.1) is 0 Å². The lowest BCUT2D eigenvalue weighted by Crippen LogP contribution is -2.12. The van der Waals surface area contributed by atoms with Gasteiger partial charge in [0.15, 0.2) is 0 Å². The summed E-state index contributed by atoms with van der Waals surface area (Å²) in [5.74, 6) is 0.